The maximum absolute atomic E-state index is 10.5. The standard InChI is InChI=1S/C15H20BrClO2/c1-8-9(2)19-10(3)15(8)14(18)6-11-4-5-12(16)7-13(11)17/h4-5,7-10,14-15,18H,6H2,1-3H3. The van der Waals surface area contributed by atoms with Gasteiger partial charge in [0.05, 0.1) is 18.3 Å². The van der Waals surface area contributed by atoms with Crippen molar-refractivity contribution in [2.45, 2.75) is 45.5 Å². The lowest BCUT2D eigenvalue weighted by molar-refractivity contribution is 0.0240. The Morgan fingerprint density at radius 1 is 1.32 bits per heavy atom. The van der Waals surface area contributed by atoms with Crippen LogP contribution in [-0.4, -0.2) is 23.4 Å². The summed E-state index contributed by atoms with van der Waals surface area (Å²) in [6.07, 6.45) is 0.444. The summed E-state index contributed by atoms with van der Waals surface area (Å²) in [5.74, 6) is 0.522. The van der Waals surface area contributed by atoms with E-state index in [0.29, 0.717) is 17.4 Å². The Morgan fingerprint density at radius 2 is 2.00 bits per heavy atom. The third-order valence-electron chi connectivity index (χ3n) is 4.21. The molecule has 1 aromatic rings. The fraction of sp³-hybridized carbons (Fsp3) is 0.600. The third-order valence-corrected chi connectivity index (χ3v) is 5.05. The molecule has 19 heavy (non-hydrogen) atoms. The molecule has 1 saturated heterocycles. The van der Waals surface area contributed by atoms with Crippen LogP contribution >= 0.6 is 27.5 Å². The van der Waals surface area contributed by atoms with Crippen molar-refractivity contribution in [3.05, 3.63) is 33.3 Å². The second-order valence-corrected chi connectivity index (χ2v) is 6.81. The van der Waals surface area contributed by atoms with Crippen molar-refractivity contribution in [3.63, 3.8) is 0 Å². The van der Waals surface area contributed by atoms with Crippen molar-refractivity contribution in [2.24, 2.45) is 11.8 Å². The normalized spacial score (nSPS) is 32.5. The monoisotopic (exact) mass is 346 g/mol. The Bertz CT molecular complexity index is 452. The van der Waals surface area contributed by atoms with Crippen LogP contribution in [0.2, 0.25) is 5.02 Å². The van der Waals surface area contributed by atoms with Gasteiger partial charge in [-0.1, -0.05) is 40.5 Å². The van der Waals surface area contributed by atoms with Gasteiger partial charge < -0.3 is 9.84 Å². The molecule has 106 valence electrons. The third kappa shape index (κ3) is 3.33. The molecule has 1 aliphatic heterocycles. The number of halogens is 2. The lowest BCUT2D eigenvalue weighted by Gasteiger charge is -2.25. The molecular formula is C15H20BrClO2. The van der Waals surface area contributed by atoms with Crippen LogP contribution in [0.4, 0.5) is 0 Å². The zero-order chi connectivity index (χ0) is 14.2. The highest BCUT2D eigenvalue weighted by atomic mass is 79.9. The summed E-state index contributed by atoms with van der Waals surface area (Å²) in [7, 11) is 0. The highest BCUT2D eigenvalue weighted by Gasteiger charge is 2.41. The van der Waals surface area contributed by atoms with Crippen molar-refractivity contribution < 1.29 is 9.84 Å². The molecule has 1 N–H and O–H groups in total. The lowest BCUT2D eigenvalue weighted by atomic mass is 9.83. The summed E-state index contributed by atoms with van der Waals surface area (Å²) >= 11 is 9.60. The topological polar surface area (TPSA) is 29.5 Å². The molecule has 1 aromatic carbocycles. The molecule has 1 fully saturated rings. The minimum Gasteiger partial charge on any atom is -0.392 e. The van der Waals surface area contributed by atoms with Crippen molar-refractivity contribution >= 4 is 27.5 Å². The molecule has 0 spiro atoms. The molecule has 5 unspecified atom stereocenters. The number of aliphatic hydroxyl groups is 1. The SMILES string of the molecule is CC1OC(C)C(C(O)Cc2ccc(Br)cc2Cl)C1C. The highest BCUT2D eigenvalue weighted by molar-refractivity contribution is 9.10. The van der Waals surface area contributed by atoms with E-state index in [4.69, 9.17) is 16.3 Å². The van der Waals surface area contributed by atoms with Gasteiger partial charge in [0.25, 0.3) is 0 Å². The smallest absolute Gasteiger partial charge is 0.0637 e. The predicted molar refractivity (Wildman–Crippen MR) is 81.5 cm³/mol. The number of rotatable bonds is 3. The van der Waals surface area contributed by atoms with Crippen molar-refractivity contribution in [3.8, 4) is 0 Å². The summed E-state index contributed by atoms with van der Waals surface area (Å²) in [5.41, 5.74) is 0.983. The van der Waals surface area contributed by atoms with Gasteiger partial charge in [-0.25, -0.2) is 0 Å². The molecule has 0 aliphatic carbocycles. The van der Waals surface area contributed by atoms with Crippen LogP contribution in [0.15, 0.2) is 22.7 Å². The Balaban J connectivity index is 2.10. The number of hydrogen-bond acceptors (Lipinski definition) is 2. The van der Waals surface area contributed by atoms with Gasteiger partial charge in [-0.15, -0.1) is 0 Å². The van der Waals surface area contributed by atoms with Crippen LogP contribution in [0.5, 0.6) is 0 Å². The van der Waals surface area contributed by atoms with Crippen LogP contribution in [0, 0.1) is 11.8 Å². The number of ether oxygens (including phenoxy) is 1. The summed E-state index contributed by atoms with van der Waals surface area (Å²) in [6, 6.07) is 5.78. The zero-order valence-electron chi connectivity index (χ0n) is 11.4. The second kappa shape index (κ2) is 6.13. The van der Waals surface area contributed by atoms with Crippen LogP contribution < -0.4 is 0 Å². The molecule has 0 bridgehead atoms. The second-order valence-electron chi connectivity index (χ2n) is 5.49. The van der Waals surface area contributed by atoms with Crippen molar-refractivity contribution in [1.29, 1.82) is 0 Å². The minimum atomic E-state index is -0.423. The Morgan fingerprint density at radius 3 is 2.53 bits per heavy atom. The zero-order valence-corrected chi connectivity index (χ0v) is 13.8. The van der Waals surface area contributed by atoms with Crippen molar-refractivity contribution in [2.75, 3.05) is 0 Å². The Labute approximate surface area is 128 Å². The molecule has 5 atom stereocenters. The first-order chi connectivity index (χ1) is 8.90. The van der Waals surface area contributed by atoms with Gasteiger partial charge in [0.2, 0.25) is 0 Å². The quantitative estimate of drug-likeness (QED) is 0.893. The average Bonchev–Trinajstić information content (AvgIpc) is 2.57. The Kier molecular flexibility index (Phi) is 4.93. The number of hydrogen-bond donors (Lipinski definition) is 1. The van der Waals surface area contributed by atoms with Gasteiger partial charge >= 0.3 is 0 Å². The highest BCUT2D eigenvalue weighted by Crippen LogP contribution is 2.36. The first-order valence-electron chi connectivity index (χ1n) is 6.67. The molecule has 1 aliphatic rings. The van der Waals surface area contributed by atoms with E-state index in [2.05, 4.69) is 29.8 Å². The van der Waals surface area contributed by atoms with E-state index in [1.165, 1.54) is 0 Å². The maximum atomic E-state index is 10.5. The fourth-order valence-electron chi connectivity index (χ4n) is 3.01. The lowest BCUT2D eigenvalue weighted by Crippen LogP contribution is -2.32. The van der Waals surface area contributed by atoms with E-state index in [-0.39, 0.29) is 18.1 Å². The molecule has 2 nitrogen and oxygen atoms in total. The molecule has 0 aromatic heterocycles. The molecule has 2 rings (SSSR count). The van der Waals surface area contributed by atoms with Crippen LogP contribution in [0.25, 0.3) is 0 Å². The van der Waals surface area contributed by atoms with E-state index in [9.17, 15) is 5.11 Å². The van der Waals surface area contributed by atoms with Gasteiger partial charge in [0.15, 0.2) is 0 Å². The van der Waals surface area contributed by atoms with E-state index in [0.717, 1.165) is 10.0 Å². The van der Waals surface area contributed by atoms with Gasteiger partial charge in [0.1, 0.15) is 0 Å². The van der Waals surface area contributed by atoms with E-state index in [1.54, 1.807) is 0 Å². The molecule has 0 radical (unpaired) electrons. The summed E-state index contributed by atoms with van der Waals surface area (Å²) in [6.45, 7) is 6.25. The van der Waals surface area contributed by atoms with Crippen LogP contribution in [0.3, 0.4) is 0 Å². The first-order valence-corrected chi connectivity index (χ1v) is 7.84. The summed E-state index contributed by atoms with van der Waals surface area (Å²) in [5, 5.41) is 11.2. The molecule has 0 amide bonds. The minimum absolute atomic E-state index is 0.0919. The predicted octanol–water partition coefficient (Wildman–Crippen LogP) is 4.07. The molecule has 4 heteroatoms. The van der Waals surface area contributed by atoms with E-state index < -0.39 is 6.10 Å². The molecule has 1 heterocycles. The van der Waals surface area contributed by atoms with Crippen molar-refractivity contribution in [1.82, 2.24) is 0 Å². The number of benzene rings is 1. The molecular weight excluding hydrogens is 328 g/mol. The van der Waals surface area contributed by atoms with Crippen LogP contribution in [0.1, 0.15) is 26.3 Å². The summed E-state index contributed by atoms with van der Waals surface area (Å²) in [4.78, 5) is 0. The largest absolute Gasteiger partial charge is 0.392 e. The van der Waals surface area contributed by atoms with E-state index in [1.807, 2.05) is 25.1 Å². The van der Waals surface area contributed by atoms with E-state index >= 15 is 0 Å². The van der Waals surface area contributed by atoms with Gasteiger partial charge in [0, 0.05) is 21.8 Å². The first kappa shape index (κ1) is 15.3. The fourth-order valence-corrected chi connectivity index (χ4v) is 3.76. The van der Waals surface area contributed by atoms with Crippen LogP contribution in [-0.2, 0) is 11.2 Å². The Hall–Kier alpha value is -0.0900. The van der Waals surface area contributed by atoms with Gasteiger partial charge in [-0.2, -0.15) is 0 Å². The summed E-state index contributed by atoms with van der Waals surface area (Å²) < 4.78 is 6.75. The van der Waals surface area contributed by atoms with Gasteiger partial charge in [-0.05, 0) is 37.5 Å². The average molecular weight is 348 g/mol. The number of aliphatic hydroxyl groups excluding tert-OH is 1. The maximum Gasteiger partial charge on any atom is 0.0637 e. The molecule has 0 saturated carbocycles. The van der Waals surface area contributed by atoms with Gasteiger partial charge in [-0.3, -0.25) is 0 Å².